The molecule has 0 aromatic heterocycles. The summed E-state index contributed by atoms with van der Waals surface area (Å²) < 4.78 is 6.00. The number of fused-ring (bicyclic) bond motifs is 1. The second-order valence-electron chi connectivity index (χ2n) is 7.30. The molecule has 0 spiro atoms. The smallest absolute Gasteiger partial charge is 0.254 e. The molecule has 5 heteroatoms. The molecule has 2 saturated heterocycles. The number of aryl methyl sites for hydroxylation is 1. The summed E-state index contributed by atoms with van der Waals surface area (Å²) in [5, 5.41) is 3.03. The van der Waals surface area contributed by atoms with Crippen molar-refractivity contribution in [3.8, 4) is 0 Å². The molecule has 1 aromatic carbocycles. The van der Waals surface area contributed by atoms with Gasteiger partial charge >= 0.3 is 0 Å². The van der Waals surface area contributed by atoms with Gasteiger partial charge in [-0.3, -0.25) is 9.59 Å². The summed E-state index contributed by atoms with van der Waals surface area (Å²) in [4.78, 5) is 26.9. The number of hydrogen-bond acceptors (Lipinski definition) is 3. The van der Waals surface area contributed by atoms with E-state index in [1.165, 1.54) is 0 Å². The van der Waals surface area contributed by atoms with Crippen LogP contribution in [0.3, 0.4) is 0 Å². The molecule has 128 valence electrons. The Morgan fingerprint density at radius 2 is 2.00 bits per heavy atom. The third kappa shape index (κ3) is 3.05. The van der Waals surface area contributed by atoms with E-state index < -0.39 is 0 Å². The Morgan fingerprint density at radius 3 is 2.75 bits per heavy atom. The van der Waals surface area contributed by atoms with E-state index in [-0.39, 0.29) is 24.0 Å². The molecular weight excluding hydrogens is 304 g/mol. The SMILES string of the molecule is Cc1ccccc1C(=O)N1CC[C@H]2C[C@H](C(=O)NC3CC3)O[C@H]2C1. The number of nitrogens with one attached hydrogen (secondary N) is 1. The summed E-state index contributed by atoms with van der Waals surface area (Å²) in [6.45, 7) is 3.30. The van der Waals surface area contributed by atoms with Gasteiger partial charge in [-0.15, -0.1) is 0 Å². The van der Waals surface area contributed by atoms with E-state index in [9.17, 15) is 9.59 Å². The molecule has 3 aliphatic rings. The number of rotatable bonds is 3. The zero-order chi connectivity index (χ0) is 16.7. The number of piperidine rings is 1. The Morgan fingerprint density at radius 1 is 1.21 bits per heavy atom. The van der Waals surface area contributed by atoms with Gasteiger partial charge in [0.2, 0.25) is 5.91 Å². The topological polar surface area (TPSA) is 58.6 Å². The van der Waals surface area contributed by atoms with Gasteiger partial charge in [0, 0.05) is 24.7 Å². The van der Waals surface area contributed by atoms with Crippen molar-refractivity contribution in [2.75, 3.05) is 13.1 Å². The minimum Gasteiger partial charge on any atom is -0.363 e. The highest BCUT2D eigenvalue weighted by atomic mass is 16.5. The molecule has 24 heavy (non-hydrogen) atoms. The van der Waals surface area contributed by atoms with Gasteiger partial charge in [-0.05, 0) is 50.2 Å². The minimum atomic E-state index is -0.339. The molecule has 0 unspecified atom stereocenters. The van der Waals surface area contributed by atoms with Crippen LogP contribution in [0.5, 0.6) is 0 Å². The molecule has 2 amide bonds. The molecule has 2 aliphatic heterocycles. The summed E-state index contributed by atoms with van der Waals surface area (Å²) in [5.74, 6) is 0.491. The maximum absolute atomic E-state index is 12.8. The van der Waals surface area contributed by atoms with Crippen molar-refractivity contribution in [1.82, 2.24) is 10.2 Å². The van der Waals surface area contributed by atoms with Crippen LogP contribution in [0.2, 0.25) is 0 Å². The van der Waals surface area contributed by atoms with Crippen LogP contribution in [-0.4, -0.2) is 48.1 Å². The molecule has 3 fully saturated rings. The number of hydrogen-bond donors (Lipinski definition) is 1. The van der Waals surface area contributed by atoms with Gasteiger partial charge in [-0.2, -0.15) is 0 Å². The quantitative estimate of drug-likeness (QED) is 0.922. The highest BCUT2D eigenvalue weighted by Gasteiger charge is 2.43. The summed E-state index contributed by atoms with van der Waals surface area (Å²) in [7, 11) is 0. The molecule has 3 atom stereocenters. The van der Waals surface area contributed by atoms with E-state index in [4.69, 9.17) is 4.74 Å². The fourth-order valence-electron chi connectivity index (χ4n) is 3.79. The van der Waals surface area contributed by atoms with Crippen LogP contribution < -0.4 is 5.32 Å². The van der Waals surface area contributed by atoms with Crippen LogP contribution in [0.15, 0.2) is 24.3 Å². The minimum absolute atomic E-state index is 0.0123. The number of amides is 2. The second-order valence-corrected chi connectivity index (χ2v) is 7.30. The van der Waals surface area contributed by atoms with Gasteiger partial charge in [-0.25, -0.2) is 0 Å². The van der Waals surface area contributed by atoms with E-state index in [0.717, 1.165) is 43.4 Å². The number of likely N-dealkylation sites (tertiary alicyclic amines) is 1. The third-order valence-electron chi connectivity index (χ3n) is 5.43. The molecule has 0 bridgehead atoms. The van der Waals surface area contributed by atoms with Gasteiger partial charge < -0.3 is 15.0 Å². The van der Waals surface area contributed by atoms with Crippen LogP contribution in [0.1, 0.15) is 41.6 Å². The highest BCUT2D eigenvalue weighted by molar-refractivity contribution is 5.95. The maximum Gasteiger partial charge on any atom is 0.254 e. The lowest BCUT2D eigenvalue weighted by Crippen LogP contribution is -2.45. The van der Waals surface area contributed by atoms with Crippen molar-refractivity contribution in [1.29, 1.82) is 0 Å². The second kappa shape index (κ2) is 6.20. The largest absolute Gasteiger partial charge is 0.363 e. The predicted molar refractivity (Wildman–Crippen MR) is 89.6 cm³/mol. The van der Waals surface area contributed by atoms with Crippen LogP contribution in [0.4, 0.5) is 0 Å². The molecule has 0 radical (unpaired) electrons. The predicted octanol–water partition coefficient (Wildman–Crippen LogP) is 1.89. The Hall–Kier alpha value is -1.88. The number of carbonyl (C=O) groups is 2. The molecule has 1 saturated carbocycles. The van der Waals surface area contributed by atoms with Crippen molar-refractivity contribution in [3.63, 3.8) is 0 Å². The summed E-state index contributed by atoms with van der Waals surface area (Å²) >= 11 is 0. The molecule has 1 aliphatic carbocycles. The molecule has 4 rings (SSSR count). The molecule has 1 N–H and O–H groups in total. The van der Waals surface area contributed by atoms with Crippen LogP contribution in [-0.2, 0) is 9.53 Å². The number of benzene rings is 1. The highest BCUT2D eigenvalue weighted by Crippen LogP contribution is 2.34. The normalized spacial score (nSPS) is 29.2. The van der Waals surface area contributed by atoms with Crippen molar-refractivity contribution >= 4 is 11.8 Å². The Bertz CT molecular complexity index is 656. The lowest BCUT2D eigenvalue weighted by molar-refractivity contribution is -0.132. The first-order valence-electron chi connectivity index (χ1n) is 8.92. The fourth-order valence-corrected chi connectivity index (χ4v) is 3.79. The lowest BCUT2D eigenvalue weighted by atomic mass is 9.91. The van der Waals surface area contributed by atoms with Crippen molar-refractivity contribution in [2.45, 2.75) is 50.9 Å². The monoisotopic (exact) mass is 328 g/mol. The fraction of sp³-hybridized carbons (Fsp3) is 0.579. The first-order valence-corrected chi connectivity index (χ1v) is 8.92. The van der Waals surface area contributed by atoms with Gasteiger partial charge in [0.15, 0.2) is 0 Å². The van der Waals surface area contributed by atoms with E-state index in [1.54, 1.807) is 0 Å². The van der Waals surface area contributed by atoms with E-state index in [0.29, 0.717) is 18.5 Å². The number of nitrogens with zero attached hydrogens (tertiary/aromatic N) is 1. The first-order chi connectivity index (χ1) is 11.6. The van der Waals surface area contributed by atoms with Crippen LogP contribution >= 0.6 is 0 Å². The molecule has 5 nitrogen and oxygen atoms in total. The first kappa shape index (κ1) is 15.6. The molecular formula is C19H24N2O3. The zero-order valence-corrected chi connectivity index (χ0v) is 14.0. The van der Waals surface area contributed by atoms with Gasteiger partial charge in [0.25, 0.3) is 5.91 Å². The molecule has 2 heterocycles. The van der Waals surface area contributed by atoms with Crippen molar-refractivity contribution in [2.24, 2.45) is 5.92 Å². The average molecular weight is 328 g/mol. The van der Waals surface area contributed by atoms with E-state index in [1.807, 2.05) is 36.1 Å². The zero-order valence-electron chi connectivity index (χ0n) is 14.0. The van der Waals surface area contributed by atoms with E-state index >= 15 is 0 Å². The molecule has 1 aromatic rings. The summed E-state index contributed by atoms with van der Waals surface area (Å²) in [6.07, 6.45) is 3.52. The van der Waals surface area contributed by atoms with Crippen LogP contribution in [0.25, 0.3) is 0 Å². The number of carbonyl (C=O) groups excluding carboxylic acids is 2. The summed E-state index contributed by atoms with van der Waals surface area (Å²) in [6, 6.07) is 8.05. The van der Waals surface area contributed by atoms with Gasteiger partial charge in [0.05, 0.1) is 6.10 Å². The summed E-state index contributed by atoms with van der Waals surface area (Å²) in [5.41, 5.74) is 1.76. The Labute approximate surface area is 142 Å². The van der Waals surface area contributed by atoms with Crippen LogP contribution in [0, 0.1) is 12.8 Å². The van der Waals surface area contributed by atoms with Crippen molar-refractivity contribution in [3.05, 3.63) is 35.4 Å². The Kier molecular flexibility index (Phi) is 4.04. The Balaban J connectivity index is 1.39. The van der Waals surface area contributed by atoms with Crippen molar-refractivity contribution < 1.29 is 14.3 Å². The van der Waals surface area contributed by atoms with E-state index in [2.05, 4.69) is 5.32 Å². The standard InChI is InChI=1S/C19H24N2O3/c1-12-4-2-3-5-15(12)19(23)21-9-8-13-10-16(24-17(13)11-21)18(22)20-14-6-7-14/h2-5,13-14,16-17H,6-11H2,1H3,(H,20,22)/t13-,16+,17-/m0/s1. The number of ether oxygens (including phenoxy) is 1. The third-order valence-corrected chi connectivity index (χ3v) is 5.43. The maximum atomic E-state index is 12.8. The van der Waals surface area contributed by atoms with Gasteiger partial charge in [-0.1, -0.05) is 18.2 Å². The average Bonchev–Trinajstić information content (AvgIpc) is 3.29. The lowest BCUT2D eigenvalue weighted by Gasteiger charge is -2.34. The van der Waals surface area contributed by atoms with Gasteiger partial charge in [0.1, 0.15) is 6.10 Å².